The summed E-state index contributed by atoms with van der Waals surface area (Å²) >= 11 is 0. The molecule has 10 nitrogen and oxygen atoms in total. The van der Waals surface area contributed by atoms with Gasteiger partial charge in [-0.05, 0) is 50.7 Å². The third-order valence-electron chi connectivity index (χ3n) is 7.20. The summed E-state index contributed by atoms with van der Waals surface area (Å²) in [5.74, 6) is -0.152. The fourth-order valence-electron chi connectivity index (χ4n) is 5.38. The van der Waals surface area contributed by atoms with Gasteiger partial charge in [-0.2, -0.15) is 10.2 Å². The van der Waals surface area contributed by atoms with Gasteiger partial charge in [-0.1, -0.05) is 5.16 Å². The number of aromatic nitrogens is 5. The molecule has 4 heterocycles. The molecule has 1 aliphatic heterocycles. The summed E-state index contributed by atoms with van der Waals surface area (Å²) < 4.78 is 34.6. The van der Waals surface area contributed by atoms with Crippen LogP contribution in [0.15, 0.2) is 27.8 Å². The average Bonchev–Trinajstić information content (AvgIpc) is 3.67. The van der Waals surface area contributed by atoms with E-state index in [0.717, 1.165) is 38.5 Å². The minimum atomic E-state index is -0.690. The number of ether oxygens (including phenoxy) is 2. The van der Waals surface area contributed by atoms with E-state index in [9.17, 15) is 14.4 Å². The van der Waals surface area contributed by atoms with Gasteiger partial charge in [0.05, 0.1) is 23.7 Å². The summed E-state index contributed by atoms with van der Waals surface area (Å²) in [5, 5.41) is 13.8. The molecular formula is C24H23FN6O4. The van der Waals surface area contributed by atoms with E-state index in [2.05, 4.69) is 15.1 Å². The molecule has 0 radical (unpaired) electrons. The Labute approximate surface area is 198 Å². The highest BCUT2D eigenvalue weighted by Gasteiger charge is 2.41. The second-order valence-corrected chi connectivity index (χ2v) is 9.09. The van der Waals surface area contributed by atoms with Crippen molar-refractivity contribution in [3.05, 3.63) is 46.1 Å². The Kier molecular flexibility index (Phi) is 5.16. The second-order valence-electron chi connectivity index (χ2n) is 9.09. The molecule has 0 amide bonds. The Bertz CT molecular complexity index is 1540. The van der Waals surface area contributed by atoms with Gasteiger partial charge in [0.2, 0.25) is 5.82 Å². The van der Waals surface area contributed by atoms with Gasteiger partial charge < -0.3 is 18.6 Å². The molecule has 180 valence electrons. The van der Waals surface area contributed by atoms with Gasteiger partial charge in [-0.3, -0.25) is 9.20 Å². The van der Waals surface area contributed by atoms with Crippen LogP contribution in [-0.2, 0) is 21.6 Å². The van der Waals surface area contributed by atoms with Gasteiger partial charge in [0.1, 0.15) is 40.6 Å². The van der Waals surface area contributed by atoms with Crippen molar-refractivity contribution in [2.75, 3.05) is 13.7 Å². The number of rotatable bonds is 5. The summed E-state index contributed by atoms with van der Waals surface area (Å²) in [7, 11) is 1.63. The standard InChI is InChI=1S/C24H23FN6O4/c1-33-24(8-2-3-9-24)23-28-21(29-35-23)18-20-22(32)30(12-14-5-4-10-34-14)19-15(11-26)16(25)6-7-17(19)31(20)13-27-18/h6-7,13-14H,2-5,8-10,12H2,1H3. The lowest BCUT2D eigenvalue weighted by molar-refractivity contribution is -0.0342. The highest BCUT2D eigenvalue weighted by atomic mass is 19.1. The first-order valence-electron chi connectivity index (χ1n) is 11.7. The molecule has 2 aliphatic rings. The van der Waals surface area contributed by atoms with Crippen molar-refractivity contribution in [1.29, 1.82) is 5.26 Å². The zero-order valence-electron chi connectivity index (χ0n) is 19.2. The number of halogens is 1. The number of hydrogen-bond acceptors (Lipinski definition) is 8. The lowest BCUT2D eigenvalue weighted by Gasteiger charge is -2.21. The van der Waals surface area contributed by atoms with Crippen LogP contribution in [0.25, 0.3) is 28.1 Å². The lowest BCUT2D eigenvalue weighted by Crippen LogP contribution is -2.29. The maximum atomic E-state index is 14.6. The average molecular weight is 478 g/mol. The molecular weight excluding hydrogens is 455 g/mol. The molecule has 0 bridgehead atoms. The van der Waals surface area contributed by atoms with Gasteiger partial charge in [0, 0.05) is 13.7 Å². The smallest absolute Gasteiger partial charge is 0.277 e. The van der Waals surface area contributed by atoms with Crippen LogP contribution >= 0.6 is 0 Å². The van der Waals surface area contributed by atoms with Gasteiger partial charge in [-0.15, -0.1) is 0 Å². The monoisotopic (exact) mass is 478 g/mol. The maximum absolute atomic E-state index is 14.6. The molecule has 3 aromatic heterocycles. The van der Waals surface area contributed by atoms with Gasteiger partial charge in [0.25, 0.3) is 11.4 Å². The molecule has 1 saturated heterocycles. The molecule has 4 aromatic rings. The van der Waals surface area contributed by atoms with Crippen molar-refractivity contribution in [3.8, 4) is 17.6 Å². The minimum absolute atomic E-state index is 0.175. The molecule has 1 aliphatic carbocycles. The summed E-state index contributed by atoms with van der Waals surface area (Å²) in [6.07, 6.45) is 6.45. The van der Waals surface area contributed by atoms with E-state index in [1.165, 1.54) is 23.0 Å². The summed E-state index contributed by atoms with van der Waals surface area (Å²) in [6.45, 7) is 0.794. The topological polar surface area (TPSA) is 120 Å². The maximum Gasteiger partial charge on any atom is 0.277 e. The lowest BCUT2D eigenvalue weighted by atomic mass is 10.0. The Morgan fingerprint density at radius 2 is 2.11 bits per heavy atom. The molecule has 0 spiro atoms. The van der Waals surface area contributed by atoms with Crippen LogP contribution < -0.4 is 5.56 Å². The largest absolute Gasteiger partial charge is 0.376 e. The summed E-state index contributed by atoms with van der Waals surface area (Å²) in [4.78, 5) is 22.8. The highest BCUT2D eigenvalue weighted by Crippen LogP contribution is 2.41. The predicted octanol–water partition coefficient (Wildman–Crippen LogP) is 3.30. The minimum Gasteiger partial charge on any atom is -0.376 e. The fourth-order valence-corrected chi connectivity index (χ4v) is 5.38. The van der Waals surface area contributed by atoms with E-state index >= 15 is 0 Å². The van der Waals surface area contributed by atoms with Crippen LogP contribution in [0.4, 0.5) is 4.39 Å². The molecule has 1 atom stereocenters. The Morgan fingerprint density at radius 1 is 1.29 bits per heavy atom. The molecule has 1 unspecified atom stereocenters. The zero-order chi connectivity index (χ0) is 24.2. The van der Waals surface area contributed by atoms with E-state index in [1.54, 1.807) is 11.5 Å². The van der Waals surface area contributed by atoms with Crippen LogP contribution in [0.5, 0.6) is 0 Å². The fraction of sp³-hybridized carbons (Fsp3) is 0.458. The Hall–Kier alpha value is -3.62. The Morgan fingerprint density at radius 3 is 2.83 bits per heavy atom. The first-order valence-corrected chi connectivity index (χ1v) is 11.7. The third-order valence-corrected chi connectivity index (χ3v) is 7.20. The number of fused-ring (bicyclic) bond motifs is 3. The van der Waals surface area contributed by atoms with Crippen LogP contribution in [0.1, 0.15) is 50.0 Å². The molecule has 6 rings (SSSR count). The molecule has 2 fully saturated rings. The van der Waals surface area contributed by atoms with Crippen molar-refractivity contribution in [1.82, 2.24) is 24.1 Å². The van der Waals surface area contributed by atoms with Gasteiger partial charge >= 0.3 is 0 Å². The quantitative estimate of drug-likeness (QED) is 0.428. The van der Waals surface area contributed by atoms with Crippen LogP contribution in [0, 0.1) is 17.1 Å². The van der Waals surface area contributed by atoms with E-state index in [4.69, 9.17) is 14.0 Å². The van der Waals surface area contributed by atoms with Gasteiger partial charge in [-0.25, -0.2) is 9.37 Å². The number of nitrogens with zero attached hydrogens (tertiary/aromatic N) is 6. The van der Waals surface area contributed by atoms with E-state index in [1.807, 2.05) is 6.07 Å². The first-order chi connectivity index (χ1) is 17.1. The van der Waals surface area contributed by atoms with Crippen molar-refractivity contribution in [2.45, 2.75) is 56.8 Å². The molecule has 0 N–H and O–H groups in total. The van der Waals surface area contributed by atoms with E-state index in [0.29, 0.717) is 18.0 Å². The van der Waals surface area contributed by atoms with Crippen LogP contribution in [-0.4, -0.2) is 43.9 Å². The zero-order valence-corrected chi connectivity index (χ0v) is 19.2. The number of benzene rings is 1. The normalized spacial score (nSPS) is 19.6. The van der Waals surface area contributed by atoms with Crippen molar-refractivity contribution in [3.63, 3.8) is 0 Å². The predicted molar refractivity (Wildman–Crippen MR) is 121 cm³/mol. The molecule has 1 aromatic carbocycles. The van der Waals surface area contributed by atoms with E-state index in [-0.39, 0.29) is 40.8 Å². The first kappa shape index (κ1) is 21.9. The van der Waals surface area contributed by atoms with Crippen LogP contribution in [0.3, 0.4) is 0 Å². The number of nitriles is 1. The third kappa shape index (κ3) is 3.28. The van der Waals surface area contributed by atoms with Crippen molar-refractivity contribution < 1.29 is 18.4 Å². The van der Waals surface area contributed by atoms with Gasteiger partial charge in [0.15, 0.2) is 0 Å². The van der Waals surface area contributed by atoms with Crippen molar-refractivity contribution >= 4 is 16.6 Å². The summed E-state index contributed by atoms with van der Waals surface area (Å²) in [5.41, 5.74) is -0.107. The summed E-state index contributed by atoms with van der Waals surface area (Å²) in [6, 6.07) is 4.67. The number of imidazole rings is 1. The molecule has 11 heteroatoms. The Balaban J connectivity index is 1.58. The van der Waals surface area contributed by atoms with E-state index < -0.39 is 17.0 Å². The molecule has 35 heavy (non-hydrogen) atoms. The highest BCUT2D eigenvalue weighted by molar-refractivity contribution is 5.87. The number of hydrogen-bond donors (Lipinski definition) is 0. The van der Waals surface area contributed by atoms with Crippen LogP contribution in [0.2, 0.25) is 0 Å². The number of methoxy groups -OCH3 is 1. The molecule has 1 saturated carbocycles. The second kappa shape index (κ2) is 8.25. The SMILES string of the molecule is COC1(c2nc(-c3ncn4c3c(=O)n(CC3CCCO3)c3c(C#N)c(F)ccc34)no2)CCCC1. The van der Waals surface area contributed by atoms with Crippen molar-refractivity contribution in [2.24, 2.45) is 0 Å².